The molecule has 0 N–H and O–H groups in total. The van der Waals surface area contributed by atoms with Crippen LogP contribution in [0, 0.1) is 0 Å². The number of aromatic nitrogens is 2. The van der Waals surface area contributed by atoms with E-state index in [-0.39, 0.29) is 0 Å². The number of aliphatic imine (C=N–C) groups is 1. The van der Waals surface area contributed by atoms with E-state index in [1.165, 1.54) is 0 Å². The van der Waals surface area contributed by atoms with E-state index < -0.39 is 0 Å². The first-order valence-corrected chi connectivity index (χ1v) is 5.96. The number of rotatable bonds is 1. The highest BCUT2D eigenvalue weighted by Gasteiger charge is 2.14. The zero-order chi connectivity index (χ0) is 12.5. The van der Waals surface area contributed by atoms with Gasteiger partial charge in [0.15, 0.2) is 11.6 Å². The molecule has 0 amide bonds. The van der Waals surface area contributed by atoms with E-state index in [2.05, 4.69) is 15.1 Å². The zero-order valence-electron chi connectivity index (χ0n) is 10.5. The van der Waals surface area contributed by atoms with E-state index in [1.54, 1.807) is 6.20 Å². The molecule has 0 fully saturated rings. The van der Waals surface area contributed by atoms with Gasteiger partial charge >= 0.3 is 0 Å². The van der Waals surface area contributed by atoms with E-state index in [9.17, 15) is 0 Å². The minimum Gasteiger partial charge on any atom is -0.237 e. The fourth-order valence-electron chi connectivity index (χ4n) is 2.11. The van der Waals surface area contributed by atoms with E-state index in [1.807, 2.05) is 48.9 Å². The topological polar surface area (TPSA) is 42.5 Å². The lowest BCUT2D eigenvalue weighted by molar-refractivity contribution is 0.887. The van der Waals surface area contributed by atoms with Gasteiger partial charge in [-0.25, -0.2) is 9.98 Å². The Labute approximate surface area is 106 Å². The van der Waals surface area contributed by atoms with Crippen molar-refractivity contribution in [2.75, 3.05) is 0 Å². The van der Waals surface area contributed by atoms with Gasteiger partial charge in [-0.05, 0) is 13.8 Å². The Bertz CT molecular complexity index is 635. The van der Waals surface area contributed by atoms with Crippen LogP contribution in [0.4, 0.5) is 5.82 Å². The summed E-state index contributed by atoms with van der Waals surface area (Å²) in [5.74, 6) is 1.63. The molecule has 0 aliphatic carbocycles. The van der Waals surface area contributed by atoms with E-state index >= 15 is 0 Å². The Morgan fingerprint density at radius 2 is 1.83 bits per heavy atom. The van der Waals surface area contributed by atoms with Crippen LogP contribution in [0.25, 0.3) is 11.4 Å². The predicted octanol–water partition coefficient (Wildman–Crippen LogP) is 3.27. The maximum atomic E-state index is 4.58. The lowest BCUT2D eigenvalue weighted by Gasteiger charge is -2.03. The van der Waals surface area contributed by atoms with Crippen LogP contribution < -0.4 is 0 Å². The van der Waals surface area contributed by atoms with Crippen LogP contribution in [-0.2, 0) is 0 Å². The number of fused-ring (bicyclic) bond motifs is 1. The van der Waals surface area contributed by atoms with Gasteiger partial charge in [-0.1, -0.05) is 30.3 Å². The Morgan fingerprint density at radius 3 is 2.61 bits per heavy atom. The number of benzene rings is 1. The Morgan fingerprint density at radius 1 is 1.06 bits per heavy atom. The maximum Gasteiger partial charge on any atom is 0.174 e. The number of nitrogens with zero attached hydrogens (tertiary/aromatic N) is 4. The average molecular weight is 238 g/mol. The minimum atomic E-state index is 0.795. The summed E-state index contributed by atoms with van der Waals surface area (Å²) < 4.78 is 1.82. The first kappa shape index (κ1) is 10.9. The molecular formula is C14H14N4. The van der Waals surface area contributed by atoms with Crippen molar-refractivity contribution in [2.24, 2.45) is 10.1 Å². The summed E-state index contributed by atoms with van der Waals surface area (Å²) in [6.07, 6.45) is 2.59. The first-order chi connectivity index (χ1) is 8.74. The van der Waals surface area contributed by atoms with E-state index in [0.717, 1.165) is 35.0 Å². The number of hydrogen-bond donors (Lipinski definition) is 0. The second-order valence-corrected chi connectivity index (χ2v) is 4.48. The lowest BCUT2D eigenvalue weighted by atomic mass is 10.2. The SMILES string of the molecule is CC1=Nc2cnc(-c3ccccc3)n2N=C(C)C1. The Balaban J connectivity index is 2.19. The molecule has 1 aromatic carbocycles. The largest absolute Gasteiger partial charge is 0.237 e. The van der Waals surface area contributed by atoms with Crippen LogP contribution in [0.3, 0.4) is 0 Å². The van der Waals surface area contributed by atoms with Gasteiger partial charge in [0.1, 0.15) is 0 Å². The molecule has 18 heavy (non-hydrogen) atoms. The molecule has 1 aromatic heterocycles. The van der Waals surface area contributed by atoms with Gasteiger partial charge in [-0.15, -0.1) is 0 Å². The summed E-state index contributed by atoms with van der Waals surface area (Å²) in [6.45, 7) is 4.03. The van der Waals surface area contributed by atoms with Gasteiger partial charge < -0.3 is 0 Å². The highest BCUT2D eigenvalue weighted by atomic mass is 15.4. The molecule has 90 valence electrons. The molecule has 4 heteroatoms. The van der Waals surface area contributed by atoms with Crippen molar-refractivity contribution in [3.05, 3.63) is 36.5 Å². The molecular weight excluding hydrogens is 224 g/mol. The van der Waals surface area contributed by atoms with Crippen molar-refractivity contribution in [3.8, 4) is 11.4 Å². The summed E-state index contributed by atoms with van der Waals surface area (Å²) in [5, 5.41) is 4.58. The quantitative estimate of drug-likeness (QED) is 0.751. The Kier molecular flexibility index (Phi) is 2.55. The van der Waals surface area contributed by atoms with Gasteiger partial charge in [-0.3, -0.25) is 0 Å². The van der Waals surface area contributed by atoms with Crippen LogP contribution in [-0.4, -0.2) is 21.1 Å². The molecule has 0 unspecified atom stereocenters. The van der Waals surface area contributed by atoms with Gasteiger partial charge in [0.25, 0.3) is 0 Å². The molecule has 4 nitrogen and oxygen atoms in total. The summed E-state index contributed by atoms with van der Waals surface area (Å²) in [7, 11) is 0. The molecule has 3 rings (SSSR count). The van der Waals surface area contributed by atoms with Crippen LogP contribution in [0.5, 0.6) is 0 Å². The van der Waals surface area contributed by atoms with Crippen LogP contribution >= 0.6 is 0 Å². The monoisotopic (exact) mass is 238 g/mol. The Hall–Kier alpha value is -2.23. The third kappa shape index (κ3) is 1.86. The molecule has 1 aliphatic rings. The molecule has 0 saturated carbocycles. The fraction of sp³-hybridized carbons (Fsp3) is 0.214. The summed E-state index contributed by atoms with van der Waals surface area (Å²) in [4.78, 5) is 8.97. The molecule has 0 atom stereocenters. The molecule has 2 aromatic rings. The average Bonchev–Trinajstić information content (AvgIpc) is 2.66. The van der Waals surface area contributed by atoms with Crippen LogP contribution in [0.2, 0.25) is 0 Å². The normalized spacial score (nSPS) is 14.6. The van der Waals surface area contributed by atoms with Crippen molar-refractivity contribution in [3.63, 3.8) is 0 Å². The van der Waals surface area contributed by atoms with E-state index in [0.29, 0.717) is 0 Å². The van der Waals surface area contributed by atoms with Crippen LogP contribution in [0.15, 0.2) is 46.6 Å². The van der Waals surface area contributed by atoms with Crippen molar-refractivity contribution >= 4 is 17.2 Å². The highest BCUT2D eigenvalue weighted by Crippen LogP contribution is 2.25. The summed E-state index contributed by atoms with van der Waals surface area (Å²) in [5.41, 5.74) is 3.16. The van der Waals surface area contributed by atoms with E-state index in [4.69, 9.17) is 0 Å². The van der Waals surface area contributed by atoms with Crippen molar-refractivity contribution in [1.82, 2.24) is 9.66 Å². The van der Waals surface area contributed by atoms with Crippen LogP contribution in [0.1, 0.15) is 20.3 Å². The van der Waals surface area contributed by atoms with Gasteiger partial charge in [0.05, 0.1) is 6.20 Å². The smallest absolute Gasteiger partial charge is 0.174 e. The van der Waals surface area contributed by atoms with Crippen molar-refractivity contribution < 1.29 is 0 Å². The first-order valence-electron chi connectivity index (χ1n) is 5.96. The number of imidazole rings is 1. The zero-order valence-corrected chi connectivity index (χ0v) is 10.5. The second kappa shape index (κ2) is 4.22. The maximum absolute atomic E-state index is 4.58. The molecule has 1 aliphatic heterocycles. The molecule has 0 bridgehead atoms. The lowest BCUT2D eigenvalue weighted by Crippen LogP contribution is -2.00. The highest BCUT2D eigenvalue weighted by molar-refractivity contribution is 6.03. The van der Waals surface area contributed by atoms with Crippen molar-refractivity contribution in [1.29, 1.82) is 0 Å². The van der Waals surface area contributed by atoms with Gasteiger partial charge in [0.2, 0.25) is 0 Å². The minimum absolute atomic E-state index is 0.795. The third-order valence-electron chi connectivity index (χ3n) is 2.84. The molecule has 0 spiro atoms. The van der Waals surface area contributed by atoms with Gasteiger partial charge in [-0.2, -0.15) is 9.78 Å². The molecule has 0 saturated heterocycles. The second-order valence-electron chi connectivity index (χ2n) is 4.48. The molecule has 0 radical (unpaired) electrons. The summed E-state index contributed by atoms with van der Waals surface area (Å²) >= 11 is 0. The standard InChI is InChI=1S/C14H14N4/c1-10-8-11(2)17-18-13(16-10)9-15-14(18)12-6-4-3-5-7-12/h3-7,9H,8H2,1-2H3. The number of hydrogen-bond acceptors (Lipinski definition) is 3. The predicted molar refractivity (Wildman–Crippen MR) is 73.6 cm³/mol. The fourth-order valence-corrected chi connectivity index (χ4v) is 2.11. The van der Waals surface area contributed by atoms with Crippen molar-refractivity contribution in [2.45, 2.75) is 20.3 Å². The molecule has 2 heterocycles. The third-order valence-corrected chi connectivity index (χ3v) is 2.84. The van der Waals surface area contributed by atoms with Gasteiger partial charge in [0, 0.05) is 23.4 Å². The summed E-state index contributed by atoms with van der Waals surface area (Å²) in [6, 6.07) is 10.0.